The number of aromatic nitrogens is 4. The number of rotatable bonds is 1. The van der Waals surface area contributed by atoms with Gasteiger partial charge in [-0.25, -0.2) is 4.98 Å². The van der Waals surface area contributed by atoms with Crippen LogP contribution in [0.5, 0.6) is 0 Å². The Bertz CT molecular complexity index is 626. The van der Waals surface area contributed by atoms with Crippen LogP contribution in [0.15, 0.2) is 42.9 Å². The molecule has 0 aliphatic heterocycles. The van der Waals surface area contributed by atoms with E-state index in [1.807, 2.05) is 30.3 Å². The first-order valence-corrected chi connectivity index (χ1v) is 4.85. The first kappa shape index (κ1) is 8.84. The Kier molecular flexibility index (Phi) is 1.83. The fourth-order valence-electron chi connectivity index (χ4n) is 1.61. The number of nitrogens with two attached hydrogens (primary N) is 1. The lowest BCUT2D eigenvalue weighted by Crippen LogP contribution is -1.95. The summed E-state index contributed by atoms with van der Waals surface area (Å²) in [6.45, 7) is 0. The van der Waals surface area contributed by atoms with E-state index in [0.717, 1.165) is 16.9 Å². The van der Waals surface area contributed by atoms with Crippen molar-refractivity contribution < 1.29 is 0 Å². The van der Waals surface area contributed by atoms with E-state index in [0.29, 0.717) is 5.78 Å². The predicted molar refractivity (Wildman–Crippen MR) is 60.6 cm³/mol. The summed E-state index contributed by atoms with van der Waals surface area (Å²) in [5, 5.41) is 4.13. The molecular weight excluding hydrogens is 202 g/mol. The molecule has 0 radical (unpaired) electrons. The molecular formula is C11H9N5. The summed E-state index contributed by atoms with van der Waals surface area (Å²) in [6.07, 6.45) is 3.21. The minimum absolute atomic E-state index is 0.592. The Morgan fingerprint density at radius 1 is 1.00 bits per heavy atom. The SMILES string of the molecule is Nc1ccc(-c2ccnc3ncnn23)cc1. The molecule has 2 heterocycles. The van der Waals surface area contributed by atoms with Crippen LogP contribution in [0, 0.1) is 0 Å². The molecule has 0 spiro atoms. The fourth-order valence-corrected chi connectivity index (χ4v) is 1.61. The topological polar surface area (TPSA) is 69.1 Å². The Labute approximate surface area is 91.6 Å². The van der Waals surface area contributed by atoms with Gasteiger partial charge in [-0.05, 0) is 18.2 Å². The molecule has 0 aliphatic carbocycles. The molecule has 0 saturated heterocycles. The summed E-state index contributed by atoms with van der Waals surface area (Å²) in [7, 11) is 0. The second kappa shape index (κ2) is 3.30. The summed E-state index contributed by atoms with van der Waals surface area (Å²) < 4.78 is 1.70. The molecule has 0 saturated carbocycles. The minimum Gasteiger partial charge on any atom is -0.399 e. The quantitative estimate of drug-likeness (QED) is 0.617. The third-order valence-corrected chi connectivity index (χ3v) is 2.39. The van der Waals surface area contributed by atoms with Gasteiger partial charge in [0.05, 0.1) is 5.69 Å². The molecule has 3 aromatic rings. The molecule has 0 unspecified atom stereocenters. The predicted octanol–water partition coefficient (Wildman–Crippen LogP) is 1.37. The van der Waals surface area contributed by atoms with Crippen molar-refractivity contribution in [2.45, 2.75) is 0 Å². The highest BCUT2D eigenvalue weighted by Crippen LogP contribution is 2.19. The highest BCUT2D eigenvalue weighted by atomic mass is 15.3. The molecule has 0 aliphatic rings. The summed E-state index contributed by atoms with van der Waals surface area (Å²) in [5.74, 6) is 0.592. The van der Waals surface area contributed by atoms with E-state index < -0.39 is 0 Å². The zero-order chi connectivity index (χ0) is 11.0. The first-order valence-electron chi connectivity index (χ1n) is 4.85. The monoisotopic (exact) mass is 211 g/mol. The van der Waals surface area contributed by atoms with Gasteiger partial charge in [0.25, 0.3) is 5.78 Å². The van der Waals surface area contributed by atoms with Gasteiger partial charge in [0.2, 0.25) is 0 Å². The van der Waals surface area contributed by atoms with Crippen LogP contribution in [0.2, 0.25) is 0 Å². The van der Waals surface area contributed by atoms with Gasteiger partial charge in [-0.15, -0.1) is 0 Å². The molecule has 0 amide bonds. The van der Waals surface area contributed by atoms with Gasteiger partial charge in [-0.3, -0.25) is 0 Å². The highest BCUT2D eigenvalue weighted by Gasteiger charge is 2.04. The van der Waals surface area contributed by atoms with E-state index in [4.69, 9.17) is 5.73 Å². The maximum atomic E-state index is 5.65. The number of nitrogens with zero attached hydrogens (tertiary/aromatic N) is 4. The maximum absolute atomic E-state index is 5.65. The second-order valence-corrected chi connectivity index (χ2v) is 3.42. The summed E-state index contributed by atoms with van der Waals surface area (Å²) in [4.78, 5) is 8.15. The number of hydrogen-bond donors (Lipinski definition) is 1. The molecule has 5 heteroatoms. The van der Waals surface area contributed by atoms with Crippen LogP contribution < -0.4 is 5.73 Å². The van der Waals surface area contributed by atoms with Crippen LogP contribution in [0.25, 0.3) is 17.0 Å². The van der Waals surface area contributed by atoms with Crippen molar-refractivity contribution in [1.29, 1.82) is 0 Å². The largest absolute Gasteiger partial charge is 0.399 e. The van der Waals surface area contributed by atoms with Gasteiger partial charge < -0.3 is 5.73 Å². The lowest BCUT2D eigenvalue weighted by molar-refractivity contribution is 0.948. The third-order valence-electron chi connectivity index (χ3n) is 2.39. The van der Waals surface area contributed by atoms with Crippen molar-refractivity contribution in [3.05, 3.63) is 42.9 Å². The molecule has 5 nitrogen and oxygen atoms in total. The van der Waals surface area contributed by atoms with Gasteiger partial charge in [-0.1, -0.05) is 12.1 Å². The average molecular weight is 211 g/mol. The van der Waals surface area contributed by atoms with Crippen molar-refractivity contribution in [2.75, 3.05) is 5.73 Å². The summed E-state index contributed by atoms with van der Waals surface area (Å²) in [6, 6.07) is 9.52. The Balaban J connectivity index is 2.25. The van der Waals surface area contributed by atoms with Gasteiger partial charge in [-0.2, -0.15) is 14.6 Å². The second-order valence-electron chi connectivity index (χ2n) is 3.42. The van der Waals surface area contributed by atoms with Gasteiger partial charge >= 0.3 is 0 Å². The highest BCUT2D eigenvalue weighted by molar-refractivity contribution is 5.63. The van der Waals surface area contributed by atoms with Crippen LogP contribution in [-0.4, -0.2) is 19.6 Å². The smallest absolute Gasteiger partial charge is 0.252 e. The molecule has 78 valence electrons. The van der Waals surface area contributed by atoms with Crippen LogP contribution in [0.3, 0.4) is 0 Å². The van der Waals surface area contributed by atoms with Crippen molar-refractivity contribution >= 4 is 11.5 Å². The van der Waals surface area contributed by atoms with Crippen molar-refractivity contribution in [1.82, 2.24) is 19.6 Å². The molecule has 0 bridgehead atoms. The minimum atomic E-state index is 0.592. The van der Waals surface area contributed by atoms with E-state index >= 15 is 0 Å². The van der Waals surface area contributed by atoms with E-state index in [1.165, 1.54) is 6.33 Å². The lowest BCUT2D eigenvalue weighted by atomic mass is 10.1. The maximum Gasteiger partial charge on any atom is 0.252 e. The van der Waals surface area contributed by atoms with E-state index in [1.54, 1.807) is 10.7 Å². The number of hydrogen-bond acceptors (Lipinski definition) is 4. The average Bonchev–Trinajstić information content (AvgIpc) is 2.78. The van der Waals surface area contributed by atoms with Crippen LogP contribution >= 0.6 is 0 Å². The van der Waals surface area contributed by atoms with Crippen LogP contribution in [-0.2, 0) is 0 Å². The molecule has 2 aromatic heterocycles. The van der Waals surface area contributed by atoms with E-state index in [2.05, 4.69) is 15.1 Å². The van der Waals surface area contributed by atoms with Crippen molar-refractivity contribution in [3.8, 4) is 11.3 Å². The Morgan fingerprint density at radius 3 is 2.62 bits per heavy atom. The van der Waals surface area contributed by atoms with E-state index in [-0.39, 0.29) is 0 Å². The molecule has 3 rings (SSSR count). The fraction of sp³-hybridized carbons (Fsp3) is 0. The Hall–Kier alpha value is -2.43. The number of fused-ring (bicyclic) bond motifs is 1. The van der Waals surface area contributed by atoms with Gasteiger partial charge in [0, 0.05) is 17.4 Å². The Morgan fingerprint density at radius 2 is 1.81 bits per heavy atom. The van der Waals surface area contributed by atoms with Crippen LogP contribution in [0.4, 0.5) is 5.69 Å². The van der Waals surface area contributed by atoms with Crippen LogP contribution in [0.1, 0.15) is 0 Å². The summed E-state index contributed by atoms with van der Waals surface area (Å²) >= 11 is 0. The first-order chi connectivity index (χ1) is 7.84. The molecule has 0 fully saturated rings. The number of benzene rings is 1. The molecule has 0 atom stereocenters. The standard InChI is InChI=1S/C11H9N5/c12-9-3-1-8(2-4-9)10-5-6-13-11-14-7-15-16(10)11/h1-7H,12H2. The zero-order valence-corrected chi connectivity index (χ0v) is 8.41. The van der Waals surface area contributed by atoms with Gasteiger partial charge in [0.15, 0.2) is 0 Å². The molecule has 2 N–H and O–H groups in total. The van der Waals surface area contributed by atoms with Gasteiger partial charge in [0.1, 0.15) is 6.33 Å². The number of anilines is 1. The normalized spacial score (nSPS) is 10.8. The molecule has 16 heavy (non-hydrogen) atoms. The lowest BCUT2D eigenvalue weighted by Gasteiger charge is -2.03. The van der Waals surface area contributed by atoms with Crippen molar-refractivity contribution in [2.24, 2.45) is 0 Å². The number of nitrogen functional groups attached to an aromatic ring is 1. The zero-order valence-electron chi connectivity index (χ0n) is 8.41. The van der Waals surface area contributed by atoms with E-state index in [9.17, 15) is 0 Å². The third kappa shape index (κ3) is 1.30. The van der Waals surface area contributed by atoms with Crippen molar-refractivity contribution in [3.63, 3.8) is 0 Å². The molecule has 1 aromatic carbocycles. The summed E-state index contributed by atoms with van der Waals surface area (Å²) in [5.41, 5.74) is 8.37.